The van der Waals surface area contributed by atoms with Gasteiger partial charge in [-0.1, -0.05) is 43.7 Å². The number of carbonyl (C=O) groups excluding carboxylic acids is 1. The molecule has 0 heterocycles. The first-order valence-electron chi connectivity index (χ1n) is 11.6. The summed E-state index contributed by atoms with van der Waals surface area (Å²) >= 11 is 0. The van der Waals surface area contributed by atoms with Gasteiger partial charge in [-0.25, -0.2) is 0 Å². The van der Waals surface area contributed by atoms with Gasteiger partial charge in [-0.15, -0.1) is 0 Å². The standard InChI is InChI=1S/C25H36N2O/c1-2-23-12-18-13-24(15-23,19-6-4-3-5-7-19)17-25(14-18,16-23)22(28)27-21-10-8-20(26)9-11-21/h3-7,18,20-21H,2,8-17,26H2,1H3,(H,27,28). The van der Waals surface area contributed by atoms with Gasteiger partial charge in [0.2, 0.25) is 5.91 Å². The molecule has 152 valence electrons. The van der Waals surface area contributed by atoms with Crippen molar-refractivity contribution in [3.63, 3.8) is 0 Å². The lowest BCUT2D eigenvalue weighted by Crippen LogP contribution is -2.63. The van der Waals surface area contributed by atoms with Crippen molar-refractivity contribution in [1.29, 1.82) is 0 Å². The van der Waals surface area contributed by atoms with Crippen molar-refractivity contribution in [2.75, 3.05) is 0 Å². The van der Waals surface area contributed by atoms with Gasteiger partial charge in [0.25, 0.3) is 0 Å². The lowest BCUT2D eigenvalue weighted by molar-refractivity contribution is -0.164. The van der Waals surface area contributed by atoms with Gasteiger partial charge in [0.15, 0.2) is 0 Å². The van der Waals surface area contributed by atoms with Crippen molar-refractivity contribution in [3.05, 3.63) is 35.9 Å². The van der Waals surface area contributed by atoms with Crippen molar-refractivity contribution >= 4 is 5.91 Å². The van der Waals surface area contributed by atoms with Crippen LogP contribution >= 0.6 is 0 Å². The zero-order chi connectivity index (χ0) is 19.4. The second-order valence-corrected chi connectivity index (χ2v) is 10.9. The van der Waals surface area contributed by atoms with E-state index < -0.39 is 0 Å². The van der Waals surface area contributed by atoms with Gasteiger partial charge in [0, 0.05) is 12.1 Å². The van der Waals surface area contributed by atoms with E-state index in [1.165, 1.54) is 31.2 Å². The second kappa shape index (κ2) is 6.58. The highest BCUT2D eigenvalue weighted by molar-refractivity contribution is 5.84. The molecule has 4 bridgehead atoms. The van der Waals surface area contributed by atoms with E-state index in [0.717, 1.165) is 44.9 Å². The summed E-state index contributed by atoms with van der Waals surface area (Å²) in [4.78, 5) is 13.7. The molecule has 3 heteroatoms. The third-order valence-corrected chi connectivity index (χ3v) is 8.91. The third kappa shape index (κ3) is 2.93. The monoisotopic (exact) mass is 380 g/mol. The molecule has 28 heavy (non-hydrogen) atoms. The molecule has 5 aliphatic rings. The molecule has 0 saturated heterocycles. The first kappa shape index (κ1) is 18.7. The van der Waals surface area contributed by atoms with Gasteiger partial charge in [0.05, 0.1) is 5.41 Å². The number of rotatable bonds is 4. The van der Waals surface area contributed by atoms with Crippen LogP contribution in [0.25, 0.3) is 0 Å². The first-order chi connectivity index (χ1) is 13.5. The number of hydrogen-bond donors (Lipinski definition) is 2. The average Bonchev–Trinajstić information content (AvgIpc) is 2.69. The summed E-state index contributed by atoms with van der Waals surface area (Å²) in [5, 5.41) is 3.51. The molecule has 5 aliphatic carbocycles. The van der Waals surface area contributed by atoms with E-state index in [2.05, 4.69) is 42.6 Å². The van der Waals surface area contributed by atoms with Crippen molar-refractivity contribution in [2.24, 2.45) is 22.5 Å². The van der Waals surface area contributed by atoms with E-state index >= 15 is 0 Å². The Morgan fingerprint density at radius 2 is 1.79 bits per heavy atom. The van der Waals surface area contributed by atoms with Crippen LogP contribution in [0.3, 0.4) is 0 Å². The molecule has 1 amide bonds. The quantitative estimate of drug-likeness (QED) is 0.796. The van der Waals surface area contributed by atoms with Crippen LogP contribution in [-0.2, 0) is 10.2 Å². The van der Waals surface area contributed by atoms with Crippen molar-refractivity contribution in [1.82, 2.24) is 5.32 Å². The Kier molecular flexibility index (Phi) is 4.39. The molecular weight excluding hydrogens is 344 g/mol. The Labute approximate surface area is 169 Å². The van der Waals surface area contributed by atoms with Crippen molar-refractivity contribution < 1.29 is 4.79 Å². The Balaban J connectivity index is 1.45. The Morgan fingerprint density at radius 1 is 1.04 bits per heavy atom. The highest BCUT2D eigenvalue weighted by Crippen LogP contribution is 2.71. The van der Waals surface area contributed by atoms with Crippen LogP contribution < -0.4 is 11.1 Å². The summed E-state index contributed by atoms with van der Waals surface area (Å²) in [5.41, 5.74) is 7.99. The second-order valence-electron chi connectivity index (χ2n) is 10.9. The molecule has 1 aromatic rings. The normalized spacial score (nSPS) is 44.4. The summed E-state index contributed by atoms with van der Waals surface area (Å²) in [5.74, 6) is 1.08. The lowest BCUT2D eigenvalue weighted by Gasteiger charge is -2.66. The minimum Gasteiger partial charge on any atom is -0.353 e. The van der Waals surface area contributed by atoms with Crippen LogP contribution in [0.5, 0.6) is 0 Å². The lowest BCUT2D eigenvalue weighted by atomic mass is 9.38. The smallest absolute Gasteiger partial charge is 0.226 e. The van der Waals surface area contributed by atoms with Gasteiger partial charge >= 0.3 is 0 Å². The van der Waals surface area contributed by atoms with E-state index in [4.69, 9.17) is 5.73 Å². The van der Waals surface area contributed by atoms with Gasteiger partial charge < -0.3 is 11.1 Å². The fourth-order valence-corrected chi connectivity index (χ4v) is 8.00. The van der Waals surface area contributed by atoms with Gasteiger partial charge in [0.1, 0.15) is 0 Å². The highest BCUT2D eigenvalue weighted by atomic mass is 16.2. The molecule has 4 atom stereocenters. The highest BCUT2D eigenvalue weighted by Gasteiger charge is 2.65. The maximum atomic E-state index is 13.7. The van der Waals surface area contributed by atoms with E-state index in [1.807, 2.05) is 0 Å². The van der Waals surface area contributed by atoms with Gasteiger partial charge in [-0.2, -0.15) is 0 Å². The molecule has 0 spiro atoms. The summed E-state index contributed by atoms with van der Waals surface area (Å²) in [6.45, 7) is 2.36. The zero-order valence-electron chi connectivity index (χ0n) is 17.4. The Morgan fingerprint density at radius 3 is 2.50 bits per heavy atom. The number of carbonyl (C=O) groups is 1. The van der Waals surface area contributed by atoms with Crippen LogP contribution in [0, 0.1) is 16.7 Å². The van der Waals surface area contributed by atoms with E-state index in [-0.39, 0.29) is 10.8 Å². The topological polar surface area (TPSA) is 55.1 Å². The fraction of sp³-hybridized carbons (Fsp3) is 0.720. The number of amides is 1. The molecule has 0 aromatic heterocycles. The number of nitrogens with two attached hydrogens (primary N) is 1. The summed E-state index contributed by atoms with van der Waals surface area (Å²) in [7, 11) is 0. The summed E-state index contributed by atoms with van der Waals surface area (Å²) in [6, 6.07) is 11.8. The molecule has 0 aliphatic heterocycles. The van der Waals surface area contributed by atoms with Crippen LogP contribution in [0.1, 0.15) is 83.1 Å². The SMILES string of the molecule is CCC12CC3CC(C(=O)NC4CCC(N)CC4)(C1)CC(c1ccccc1)(C3)C2. The number of hydrogen-bond acceptors (Lipinski definition) is 2. The minimum absolute atomic E-state index is 0.148. The molecule has 4 unspecified atom stereocenters. The van der Waals surface area contributed by atoms with E-state index in [9.17, 15) is 4.79 Å². The molecule has 5 fully saturated rings. The summed E-state index contributed by atoms with van der Waals surface area (Å²) < 4.78 is 0. The first-order valence-corrected chi connectivity index (χ1v) is 11.6. The molecule has 3 N–H and O–H groups in total. The Hall–Kier alpha value is -1.35. The molecule has 5 saturated carbocycles. The summed E-state index contributed by atoms with van der Waals surface area (Å²) in [6.07, 6.45) is 12.6. The van der Waals surface area contributed by atoms with Gasteiger partial charge in [-0.05, 0) is 86.5 Å². The predicted molar refractivity (Wildman–Crippen MR) is 113 cm³/mol. The van der Waals surface area contributed by atoms with Crippen LogP contribution in [0.15, 0.2) is 30.3 Å². The number of nitrogens with one attached hydrogen (secondary N) is 1. The Bertz CT molecular complexity index is 740. The molecular formula is C25H36N2O. The van der Waals surface area contributed by atoms with Crippen LogP contribution in [0.2, 0.25) is 0 Å². The third-order valence-electron chi connectivity index (χ3n) is 8.91. The zero-order valence-corrected chi connectivity index (χ0v) is 17.4. The fourth-order valence-electron chi connectivity index (χ4n) is 8.00. The van der Waals surface area contributed by atoms with Crippen LogP contribution in [-0.4, -0.2) is 18.0 Å². The predicted octanol–water partition coefficient (Wildman–Crippen LogP) is 4.69. The molecule has 0 radical (unpaired) electrons. The maximum Gasteiger partial charge on any atom is 0.226 e. The molecule has 6 rings (SSSR count). The van der Waals surface area contributed by atoms with Crippen molar-refractivity contribution in [2.45, 2.75) is 95.1 Å². The van der Waals surface area contributed by atoms with E-state index in [1.54, 1.807) is 0 Å². The number of benzene rings is 1. The van der Waals surface area contributed by atoms with Gasteiger partial charge in [-0.3, -0.25) is 4.79 Å². The molecule has 1 aromatic carbocycles. The van der Waals surface area contributed by atoms with Crippen LogP contribution in [0.4, 0.5) is 0 Å². The maximum absolute atomic E-state index is 13.7. The minimum atomic E-state index is -0.148. The average molecular weight is 381 g/mol. The molecule has 3 nitrogen and oxygen atoms in total. The largest absolute Gasteiger partial charge is 0.353 e. The van der Waals surface area contributed by atoms with Crippen molar-refractivity contribution in [3.8, 4) is 0 Å². The van der Waals surface area contributed by atoms with E-state index in [0.29, 0.717) is 29.3 Å².